The third kappa shape index (κ3) is 4.16. The summed E-state index contributed by atoms with van der Waals surface area (Å²) in [5.74, 6) is 0.0210. The van der Waals surface area contributed by atoms with Crippen molar-refractivity contribution in [1.82, 2.24) is 9.97 Å². The van der Waals surface area contributed by atoms with Crippen LogP contribution in [-0.2, 0) is 0 Å². The lowest BCUT2D eigenvalue weighted by atomic mass is 10.2. The Morgan fingerprint density at radius 1 is 1.59 bits per heavy atom. The van der Waals surface area contributed by atoms with Crippen LogP contribution in [0.2, 0.25) is 0 Å². The van der Waals surface area contributed by atoms with Gasteiger partial charge in [0.25, 0.3) is 0 Å². The molecule has 1 aromatic rings. The third-order valence-corrected chi connectivity index (χ3v) is 2.59. The van der Waals surface area contributed by atoms with E-state index in [1.165, 1.54) is 11.8 Å². The third-order valence-electron chi connectivity index (χ3n) is 2.03. The number of thioether (sulfide) groups is 1. The summed E-state index contributed by atoms with van der Waals surface area (Å²) in [5.41, 5.74) is 6.90. The molecule has 1 rings (SSSR count). The summed E-state index contributed by atoms with van der Waals surface area (Å²) in [7, 11) is 0. The van der Waals surface area contributed by atoms with Gasteiger partial charge in [-0.15, -0.1) is 0 Å². The number of rotatable bonds is 5. The molecule has 1 aromatic heterocycles. The highest BCUT2D eigenvalue weighted by Gasteiger charge is 2.10. The molecule has 1 heterocycles. The van der Waals surface area contributed by atoms with Gasteiger partial charge in [0.1, 0.15) is 12.0 Å². The smallest absolute Gasteiger partial charge is 0.187 e. The van der Waals surface area contributed by atoms with Gasteiger partial charge in [-0.3, -0.25) is 5.41 Å². The number of quaternary nitrogens is 1. The molecule has 0 aliphatic heterocycles. The maximum atomic E-state index is 7.58. The quantitative estimate of drug-likeness (QED) is 0.307. The Morgan fingerprint density at radius 2 is 2.29 bits per heavy atom. The molecule has 17 heavy (non-hydrogen) atoms. The lowest BCUT2D eigenvalue weighted by Crippen LogP contribution is -2.83. The highest BCUT2D eigenvalue weighted by molar-refractivity contribution is 7.98. The van der Waals surface area contributed by atoms with Gasteiger partial charge in [0.15, 0.2) is 5.16 Å². The van der Waals surface area contributed by atoms with Gasteiger partial charge in [0.2, 0.25) is 0 Å². The molecular weight excluding hydrogens is 234 g/mol. The Morgan fingerprint density at radius 3 is 2.82 bits per heavy atom. The number of nitrogens with zero attached hydrogens (tertiary/aromatic N) is 2. The summed E-state index contributed by atoms with van der Waals surface area (Å²) >= 11 is 1.47. The molecular formula is C11H18N5S+. The molecule has 0 bridgehead atoms. The Bertz CT molecular complexity index is 428. The minimum atomic E-state index is 0.0210. The van der Waals surface area contributed by atoms with Crippen LogP contribution in [0.15, 0.2) is 23.6 Å². The molecule has 5 nitrogen and oxygen atoms in total. The number of nitrogens with one attached hydrogen (secondary N) is 1. The van der Waals surface area contributed by atoms with Crippen molar-refractivity contribution in [2.75, 3.05) is 6.26 Å². The highest BCUT2D eigenvalue weighted by Crippen LogP contribution is 2.13. The summed E-state index contributed by atoms with van der Waals surface area (Å²) in [6.07, 6.45) is 5.44. The fourth-order valence-corrected chi connectivity index (χ4v) is 1.55. The topological polar surface area (TPSA) is 92.3 Å². The van der Waals surface area contributed by atoms with Crippen LogP contribution in [0.4, 0.5) is 0 Å². The van der Waals surface area contributed by atoms with Crippen LogP contribution in [-0.4, -0.2) is 28.1 Å². The Labute approximate surface area is 105 Å². The predicted molar refractivity (Wildman–Crippen MR) is 70.8 cm³/mol. The highest BCUT2D eigenvalue weighted by atomic mass is 32.2. The van der Waals surface area contributed by atoms with Crippen molar-refractivity contribution in [2.24, 2.45) is 5.73 Å². The van der Waals surface area contributed by atoms with Crippen molar-refractivity contribution < 1.29 is 5.32 Å². The lowest BCUT2D eigenvalue weighted by molar-refractivity contribution is -0.618. The van der Waals surface area contributed by atoms with Crippen molar-refractivity contribution in [2.45, 2.75) is 25.0 Å². The zero-order valence-corrected chi connectivity index (χ0v) is 11.1. The van der Waals surface area contributed by atoms with Crippen LogP contribution in [0.3, 0.4) is 0 Å². The van der Waals surface area contributed by atoms with E-state index >= 15 is 0 Å². The largest absolute Gasteiger partial charge is 0.383 e. The van der Waals surface area contributed by atoms with E-state index in [9.17, 15) is 0 Å². The number of hydrogen-bond acceptors (Lipinski definition) is 4. The first-order valence-corrected chi connectivity index (χ1v) is 6.54. The molecule has 0 aliphatic carbocycles. The molecule has 5 N–H and O–H groups in total. The molecule has 0 fully saturated rings. The van der Waals surface area contributed by atoms with Crippen LogP contribution in [0.25, 0.3) is 5.57 Å². The summed E-state index contributed by atoms with van der Waals surface area (Å²) in [5, 5.41) is 10.3. The first kappa shape index (κ1) is 13.7. The Balaban J connectivity index is 3.05. The molecule has 92 valence electrons. The summed E-state index contributed by atoms with van der Waals surface area (Å²) in [6, 6.07) is 2.17. The average Bonchev–Trinajstić information content (AvgIpc) is 2.28. The van der Waals surface area contributed by atoms with Gasteiger partial charge in [0, 0.05) is 6.20 Å². The van der Waals surface area contributed by atoms with E-state index in [1.807, 2.05) is 17.8 Å². The van der Waals surface area contributed by atoms with Gasteiger partial charge in [0.05, 0.1) is 17.3 Å². The summed E-state index contributed by atoms with van der Waals surface area (Å²) < 4.78 is 0. The maximum Gasteiger partial charge on any atom is 0.187 e. The normalized spacial score (nSPS) is 11.9. The van der Waals surface area contributed by atoms with Gasteiger partial charge in [-0.1, -0.05) is 11.8 Å². The van der Waals surface area contributed by atoms with Gasteiger partial charge in [-0.2, -0.15) is 0 Å². The van der Waals surface area contributed by atoms with Gasteiger partial charge in [-0.05, 0) is 26.2 Å². The Kier molecular flexibility index (Phi) is 5.11. The number of amidine groups is 1. The molecule has 0 aromatic carbocycles. The molecule has 0 amide bonds. The minimum Gasteiger partial charge on any atom is -0.383 e. The molecule has 0 radical (unpaired) electrons. The molecule has 0 unspecified atom stereocenters. The van der Waals surface area contributed by atoms with Crippen molar-refractivity contribution in [3.05, 3.63) is 24.2 Å². The first-order chi connectivity index (χ1) is 8.04. The summed E-state index contributed by atoms with van der Waals surface area (Å²) in [6.45, 7) is 4.14. The molecule has 0 spiro atoms. The van der Waals surface area contributed by atoms with Crippen LogP contribution >= 0.6 is 11.8 Å². The number of nitrogens with two attached hydrogens (primary N) is 2. The van der Waals surface area contributed by atoms with E-state index in [4.69, 9.17) is 11.1 Å². The fourth-order valence-electron chi connectivity index (χ4n) is 1.19. The van der Waals surface area contributed by atoms with E-state index in [1.54, 1.807) is 12.3 Å². The van der Waals surface area contributed by atoms with Crippen molar-refractivity contribution in [3.8, 4) is 0 Å². The molecule has 0 aliphatic rings. The van der Waals surface area contributed by atoms with Gasteiger partial charge >= 0.3 is 0 Å². The van der Waals surface area contributed by atoms with Crippen LogP contribution < -0.4 is 11.1 Å². The van der Waals surface area contributed by atoms with Crippen molar-refractivity contribution in [1.29, 1.82) is 5.41 Å². The van der Waals surface area contributed by atoms with E-state index in [2.05, 4.69) is 23.8 Å². The zero-order chi connectivity index (χ0) is 12.8. The van der Waals surface area contributed by atoms with E-state index in [0.717, 1.165) is 0 Å². The van der Waals surface area contributed by atoms with Crippen molar-refractivity contribution >= 4 is 23.2 Å². The van der Waals surface area contributed by atoms with E-state index in [0.29, 0.717) is 22.5 Å². The number of aromatic nitrogens is 2. The van der Waals surface area contributed by atoms with E-state index in [-0.39, 0.29) is 5.84 Å². The number of hydrogen-bond donors (Lipinski definition) is 3. The van der Waals surface area contributed by atoms with Crippen molar-refractivity contribution in [3.63, 3.8) is 0 Å². The summed E-state index contributed by atoms with van der Waals surface area (Å²) in [4.78, 5) is 8.43. The second-order valence-electron chi connectivity index (χ2n) is 3.86. The molecule has 6 heteroatoms. The molecule has 0 saturated heterocycles. The first-order valence-electron chi connectivity index (χ1n) is 5.31. The lowest BCUT2D eigenvalue weighted by Gasteiger charge is -2.06. The van der Waals surface area contributed by atoms with E-state index < -0.39 is 0 Å². The maximum absolute atomic E-state index is 7.58. The monoisotopic (exact) mass is 252 g/mol. The van der Waals surface area contributed by atoms with Crippen LogP contribution in [0.1, 0.15) is 19.5 Å². The molecule has 0 atom stereocenters. The fraction of sp³-hybridized carbons (Fsp3) is 0.364. The second-order valence-corrected chi connectivity index (χ2v) is 4.63. The van der Waals surface area contributed by atoms with Gasteiger partial charge in [-0.25, -0.2) is 9.97 Å². The zero-order valence-electron chi connectivity index (χ0n) is 10.3. The van der Waals surface area contributed by atoms with Gasteiger partial charge < -0.3 is 11.1 Å². The van der Waals surface area contributed by atoms with Crippen LogP contribution in [0.5, 0.6) is 0 Å². The predicted octanol–water partition coefficient (Wildman–Crippen LogP) is 0.447. The SMILES string of the molecule is CSc1nccc(C(=C[NH2+]C(C)C)C(=N)N)n1. The standard InChI is InChI=1S/C11H17N5S/c1-7(2)15-6-8(10(12)13)9-4-5-14-11(16-9)17-3/h4-7,15H,1-3H3,(H3,12,13)/p+1. The second kappa shape index (κ2) is 6.36. The average molecular weight is 252 g/mol. The Hall–Kier alpha value is -1.40. The van der Waals surface area contributed by atoms with Crippen LogP contribution in [0, 0.1) is 5.41 Å². The minimum absolute atomic E-state index is 0.0210. The molecule has 0 saturated carbocycles.